The smallest absolute Gasteiger partial charge is 0.223 e. The molecular weight excluding hydrogens is 410 g/mol. The second-order valence-electron chi connectivity index (χ2n) is 8.22. The van der Waals surface area contributed by atoms with Gasteiger partial charge in [-0.15, -0.1) is 0 Å². The first kappa shape index (κ1) is 23.6. The van der Waals surface area contributed by atoms with Gasteiger partial charge in [-0.2, -0.15) is 0 Å². The third-order valence-electron chi connectivity index (χ3n) is 6.10. The molecule has 2 atom stereocenters. The Bertz CT molecular complexity index is 944. The van der Waals surface area contributed by atoms with Gasteiger partial charge in [0.05, 0.1) is 28.4 Å². The van der Waals surface area contributed by atoms with Gasteiger partial charge in [-0.25, -0.2) is 0 Å². The van der Waals surface area contributed by atoms with Gasteiger partial charge in [0.25, 0.3) is 0 Å². The highest BCUT2D eigenvalue weighted by Crippen LogP contribution is 2.44. The van der Waals surface area contributed by atoms with Crippen LogP contribution in [0.2, 0.25) is 0 Å². The van der Waals surface area contributed by atoms with E-state index in [1.807, 2.05) is 23.1 Å². The van der Waals surface area contributed by atoms with Crippen LogP contribution in [0, 0.1) is 5.92 Å². The Morgan fingerprint density at radius 1 is 1.03 bits per heavy atom. The minimum absolute atomic E-state index is 0.0146. The number of hydrogen-bond acceptors (Lipinski definition) is 6. The third-order valence-corrected chi connectivity index (χ3v) is 6.10. The lowest BCUT2D eigenvalue weighted by Gasteiger charge is -2.32. The average Bonchev–Trinajstić information content (AvgIpc) is 2.81. The second kappa shape index (κ2) is 10.5. The summed E-state index contributed by atoms with van der Waals surface area (Å²) in [6.45, 7) is 3.68. The van der Waals surface area contributed by atoms with Gasteiger partial charge in [0.1, 0.15) is 17.2 Å². The van der Waals surface area contributed by atoms with Gasteiger partial charge in [-0.05, 0) is 36.5 Å². The standard InChI is InChI=1S/C25H33NO6/c1-16-7-6-10-26(15-16)24(28)14-19(17-8-9-21(30-3)22(11-17)31-4)25-20(27)12-18(29-2)13-23(25)32-5/h8-9,11-13,16,19,27H,6-7,10,14-15H2,1-5H3. The first-order valence-corrected chi connectivity index (χ1v) is 10.9. The van der Waals surface area contributed by atoms with E-state index in [0.717, 1.165) is 31.5 Å². The normalized spacial score (nSPS) is 16.9. The Kier molecular flexibility index (Phi) is 7.72. The first-order valence-electron chi connectivity index (χ1n) is 10.9. The van der Waals surface area contributed by atoms with Crippen LogP contribution in [-0.2, 0) is 4.79 Å². The molecule has 0 bridgehead atoms. The van der Waals surface area contributed by atoms with Crippen molar-refractivity contribution in [1.82, 2.24) is 4.90 Å². The van der Waals surface area contributed by atoms with Crippen molar-refractivity contribution in [2.24, 2.45) is 5.92 Å². The van der Waals surface area contributed by atoms with Gasteiger partial charge < -0.3 is 29.0 Å². The van der Waals surface area contributed by atoms with Gasteiger partial charge in [-0.1, -0.05) is 13.0 Å². The first-order chi connectivity index (χ1) is 15.4. The molecule has 3 rings (SSSR count). The molecule has 1 aliphatic rings. The molecule has 1 aliphatic heterocycles. The zero-order valence-electron chi connectivity index (χ0n) is 19.5. The van der Waals surface area contributed by atoms with Crippen LogP contribution in [0.5, 0.6) is 28.7 Å². The minimum atomic E-state index is -0.444. The Morgan fingerprint density at radius 3 is 2.38 bits per heavy atom. The summed E-state index contributed by atoms with van der Waals surface area (Å²) < 4.78 is 21.7. The molecule has 2 aromatic rings. The summed E-state index contributed by atoms with van der Waals surface area (Å²) >= 11 is 0. The predicted octanol–water partition coefficient (Wildman–Crippen LogP) is 4.21. The van der Waals surface area contributed by atoms with Crippen molar-refractivity contribution in [1.29, 1.82) is 0 Å². The molecule has 0 radical (unpaired) electrons. The Morgan fingerprint density at radius 2 is 1.75 bits per heavy atom. The molecule has 1 amide bonds. The summed E-state index contributed by atoms with van der Waals surface area (Å²) in [6.07, 6.45) is 2.33. The lowest BCUT2D eigenvalue weighted by molar-refractivity contribution is -0.133. The number of aromatic hydroxyl groups is 1. The fourth-order valence-corrected chi connectivity index (χ4v) is 4.40. The number of amides is 1. The van der Waals surface area contributed by atoms with Crippen LogP contribution in [0.25, 0.3) is 0 Å². The molecule has 1 heterocycles. The lowest BCUT2D eigenvalue weighted by atomic mass is 9.86. The number of phenolic OH excluding ortho intramolecular Hbond substituents is 1. The van der Waals surface area contributed by atoms with Gasteiger partial charge >= 0.3 is 0 Å². The van der Waals surface area contributed by atoms with Crippen molar-refractivity contribution >= 4 is 5.91 Å². The van der Waals surface area contributed by atoms with Crippen molar-refractivity contribution in [3.05, 3.63) is 41.5 Å². The van der Waals surface area contributed by atoms with E-state index in [1.165, 1.54) is 14.2 Å². The highest BCUT2D eigenvalue weighted by Gasteiger charge is 2.30. The van der Waals surface area contributed by atoms with E-state index in [0.29, 0.717) is 34.5 Å². The van der Waals surface area contributed by atoms with Gasteiger partial charge in [0.15, 0.2) is 11.5 Å². The highest BCUT2D eigenvalue weighted by molar-refractivity contribution is 5.78. The van der Waals surface area contributed by atoms with E-state index in [1.54, 1.807) is 26.4 Å². The van der Waals surface area contributed by atoms with Crippen LogP contribution in [0.3, 0.4) is 0 Å². The quantitative estimate of drug-likeness (QED) is 0.659. The van der Waals surface area contributed by atoms with E-state index < -0.39 is 5.92 Å². The largest absolute Gasteiger partial charge is 0.507 e. The van der Waals surface area contributed by atoms with Crippen LogP contribution in [0.1, 0.15) is 43.2 Å². The number of benzene rings is 2. The minimum Gasteiger partial charge on any atom is -0.507 e. The predicted molar refractivity (Wildman–Crippen MR) is 122 cm³/mol. The zero-order valence-corrected chi connectivity index (χ0v) is 19.5. The summed E-state index contributed by atoms with van der Waals surface area (Å²) in [4.78, 5) is 15.3. The van der Waals surface area contributed by atoms with Crippen LogP contribution in [0.15, 0.2) is 30.3 Å². The van der Waals surface area contributed by atoms with Crippen LogP contribution >= 0.6 is 0 Å². The molecule has 2 aromatic carbocycles. The molecule has 1 N–H and O–H groups in total. The van der Waals surface area contributed by atoms with E-state index in [2.05, 4.69) is 6.92 Å². The van der Waals surface area contributed by atoms with E-state index in [4.69, 9.17) is 18.9 Å². The van der Waals surface area contributed by atoms with Crippen molar-refractivity contribution < 1.29 is 28.8 Å². The molecule has 32 heavy (non-hydrogen) atoms. The number of carbonyl (C=O) groups excluding carboxylic acids is 1. The maximum atomic E-state index is 13.3. The maximum absolute atomic E-state index is 13.3. The number of phenols is 1. The van der Waals surface area contributed by atoms with Crippen LogP contribution in [0.4, 0.5) is 0 Å². The maximum Gasteiger partial charge on any atom is 0.223 e. The highest BCUT2D eigenvalue weighted by atomic mass is 16.5. The number of nitrogens with zero attached hydrogens (tertiary/aromatic N) is 1. The molecule has 0 aromatic heterocycles. The molecule has 1 fully saturated rings. The third kappa shape index (κ3) is 5.03. The molecular formula is C25H33NO6. The summed E-state index contributed by atoms with van der Waals surface area (Å²) in [5, 5.41) is 10.9. The summed E-state index contributed by atoms with van der Waals surface area (Å²) in [5.41, 5.74) is 1.36. The Balaban J connectivity index is 2.07. The number of methoxy groups -OCH3 is 4. The van der Waals surface area contributed by atoms with E-state index >= 15 is 0 Å². The number of ether oxygens (including phenoxy) is 4. The fourth-order valence-electron chi connectivity index (χ4n) is 4.40. The molecule has 1 saturated heterocycles. The number of carbonyl (C=O) groups is 1. The molecule has 0 saturated carbocycles. The van der Waals surface area contributed by atoms with Crippen molar-refractivity contribution in [2.45, 2.75) is 32.1 Å². The Hall–Kier alpha value is -3.09. The Labute approximate surface area is 189 Å². The van der Waals surface area contributed by atoms with Gasteiger partial charge in [0.2, 0.25) is 5.91 Å². The fraction of sp³-hybridized carbons (Fsp3) is 0.480. The summed E-state index contributed by atoms with van der Waals surface area (Å²) in [5.74, 6) is 2.19. The topological polar surface area (TPSA) is 77.5 Å². The van der Waals surface area contributed by atoms with E-state index in [-0.39, 0.29) is 18.1 Å². The average molecular weight is 444 g/mol. The van der Waals surface area contributed by atoms with Crippen molar-refractivity contribution in [3.8, 4) is 28.7 Å². The van der Waals surface area contributed by atoms with Crippen molar-refractivity contribution in [3.63, 3.8) is 0 Å². The van der Waals surface area contributed by atoms with Crippen LogP contribution < -0.4 is 18.9 Å². The SMILES string of the molecule is COc1cc(O)c(C(CC(=O)N2CCCC(C)C2)c2ccc(OC)c(OC)c2)c(OC)c1. The second-order valence-corrected chi connectivity index (χ2v) is 8.22. The monoisotopic (exact) mass is 443 g/mol. The summed E-state index contributed by atoms with van der Waals surface area (Å²) in [7, 11) is 6.22. The number of rotatable bonds is 8. The number of hydrogen-bond donors (Lipinski definition) is 1. The molecule has 0 spiro atoms. The van der Waals surface area contributed by atoms with Gasteiger partial charge in [0, 0.05) is 43.1 Å². The summed E-state index contributed by atoms with van der Waals surface area (Å²) in [6, 6.07) is 8.80. The molecule has 174 valence electrons. The number of likely N-dealkylation sites (tertiary alicyclic amines) is 1. The molecule has 2 unspecified atom stereocenters. The van der Waals surface area contributed by atoms with Crippen molar-refractivity contribution in [2.75, 3.05) is 41.5 Å². The molecule has 0 aliphatic carbocycles. The molecule has 7 heteroatoms. The van der Waals surface area contributed by atoms with E-state index in [9.17, 15) is 9.90 Å². The van der Waals surface area contributed by atoms with Gasteiger partial charge in [-0.3, -0.25) is 4.79 Å². The zero-order chi connectivity index (χ0) is 23.3. The molecule has 7 nitrogen and oxygen atoms in total. The lowest BCUT2D eigenvalue weighted by Crippen LogP contribution is -2.39. The number of piperidine rings is 1. The van der Waals surface area contributed by atoms with Crippen LogP contribution in [-0.4, -0.2) is 57.4 Å².